The fraction of sp³-hybridized carbons (Fsp3) is 0.400. The molecule has 1 amide bonds. The van der Waals surface area contributed by atoms with E-state index < -0.39 is 0 Å². The van der Waals surface area contributed by atoms with Crippen LogP contribution >= 0.6 is 0 Å². The number of nitrogens with zero attached hydrogens (tertiary/aromatic N) is 3. The second-order valence-electron chi connectivity index (χ2n) is 5.95. The molecule has 21 heavy (non-hydrogen) atoms. The fourth-order valence-electron chi connectivity index (χ4n) is 1.87. The molecular formula is C15H21N5O. The first-order valence-corrected chi connectivity index (χ1v) is 6.91. The summed E-state index contributed by atoms with van der Waals surface area (Å²) >= 11 is 0. The molecule has 2 heterocycles. The van der Waals surface area contributed by atoms with Gasteiger partial charge in [0.15, 0.2) is 0 Å². The molecule has 0 bridgehead atoms. The van der Waals surface area contributed by atoms with Crippen molar-refractivity contribution >= 4 is 17.4 Å². The Kier molecular flexibility index (Phi) is 3.97. The fourth-order valence-corrected chi connectivity index (χ4v) is 1.87. The van der Waals surface area contributed by atoms with Crippen molar-refractivity contribution in [1.82, 2.24) is 14.8 Å². The van der Waals surface area contributed by atoms with Gasteiger partial charge in [-0.05, 0) is 19.1 Å². The van der Waals surface area contributed by atoms with Crippen LogP contribution in [0.5, 0.6) is 0 Å². The molecule has 0 unspecified atom stereocenters. The van der Waals surface area contributed by atoms with Gasteiger partial charge < -0.3 is 11.1 Å². The number of anilines is 2. The standard InChI is InChI=1S/C15H21N5O/c1-5-20-9-11(8-17-20)18-14(21)10-6-12(15(2,3)4)19-13(16)7-10/h6-9H,5H2,1-4H3,(H2,16,19)(H,18,21). The number of aryl methyl sites for hydroxylation is 1. The van der Waals surface area contributed by atoms with Crippen molar-refractivity contribution in [3.8, 4) is 0 Å². The summed E-state index contributed by atoms with van der Waals surface area (Å²) in [6, 6.07) is 3.35. The zero-order chi connectivity index (χ0) is 15.6. The van der Waals surface area contributed by atoms with Gasteiger partial charge in [-0.15, -0.1) is 0 Å². The molecule has 0 fully saturated rings. The Balaban J connectivity index is 2.24. The van der Waals surface area contributed by atoms with Crippen LogP contribution < -0.4 is 11.1 Å². The van der Waals surface area contributed by atoms with Crippen molar-refractivity contribution in [2.45, 2.75) is 39.7 Å². The summed E-state index contributed by atoms with van der Waals surface area (Å²) in [5.41, 5.74) is 7.58. The third-order valence-corrected chi connectivity index (χ3v) is 3.09. The van der Waals surface area contributed by atoms with E-state index in [1.165, 1.54) is 0 Å². The lowest BCUT2D eigenvalue weighted by Crippen LogP contribution is -2.18. The molecule has 0 aliphatic rings. The van der Waals surface area contributed by atoms with Gasteiger partial charge in [0.2, 0.25) is 0 Å². The van der Waals surface area contributed by atoms with Crippen molar-refractivity contribution < 1.29 is 4.79 Å². The zero-order valence-electron chi connectivity index (χ0n) is 12.8. The average Bonchev–Trinajstić information content (AvgIpc) is 2.84. The lowest BCUT2D eigenvalue weighted by molar-refractivity contribution is 0.102. The summed E-state index contributed by atoms with van der Waals surface area (Å²) in [4.78, 5) is 16.6. The lowest BCUT2D eigenvalue weighted by atomic mass is 9.90. The van der Waals surface area contributed by atoms with Crippen LogP contribution in [0.3, 0.4) is 0 Å². The van der Waals surface area contributed by atoms with Gasteiger partial charge in [-0.2, -0.15) is 5.10 Å². The van der Waals surface area contributed by atoms with Crippen LogP contribution in [0.1, 0.15) is 43.7 Å². The van der Waals surface area contributed by atoms with Gasteiger partial charge in [0.05, 0.1) is 11.9 Å². The molecule has 3 N–H and O–H groups in total. The van der Waals surface area contributed by atoms with E-state index in [2.05, 4.69) is 15.4 Å². The molecule has 0 radical (unpaired) electrons. The number of pyridine rings is 1. The SMILES string of the molecule is CCn1cc(NC(=O)c2cc(N)nc(C(C)(C)C)c2)cn1. The minimum Gasteiger partial charge on any atom is -0.384 e. The Morgan fingerprint density at radius 3 is 2.67 bits per heavy atom. The Labute approximate surface area is 124 Å². The number of nitrogens with one attached hydrogen (secondary N) is 1. The number of hydrogen-bond donors (Lipinski definition) is 2. The van der Waals surface area contributed by atoms with Gasteiger partial charge in [-0.3, -0.25) is 9.48 Å². The largest absolute Gasteiger partial charge is 0.384 e. The first-order valence-electron chi connectivity index (χ1n) is 6.91. The van der Waals surface area contributed by atoms with Crippen LogP contribution in [0.15, 0.2) is 24.5 Å². The second kappa shape index (κ2) is 5.55. The molecular weight excluding hydrogens is 266 g/mol. The molecule has 0 aliphatic carbocycles. The molecule has 0 aromatic carbocycles. The molecule has 0 atom stereocenters. The van der Waals surface area contributed by atoms with Crippen LogP contribution in [0, 0.1) is 0 Å². The van der Waals surface area contributed by atoms with E-state index in [9.17, 15) is 4.79 Å². The molecule has 0 saturated heterocycles. The summed E-state index contributed by atoms with van der Waals surface area (Å²) in [5.74, 6) is 0.127. The summed E-state index contributed by atoms with van der Waals surface area (Å²) in [6.45, 7) is 8.83. The zero-order valence-corrected chi connectivity index (χ0v) is 12.8. The van der Waals surface area contributed by atoms with Crippen LogP contribution in [-0.2, 0) is 12.0 Å². The normalized spacial score (nSPS) is 11.4. The molecule has 0 spiro atoms. The Morgan fingerprint density at radius 2 is 2.10 bits per heavy atom. The first-order chi connectivity index (χ1) is 9.79. The summed E-state index contributed by atoms with van der Waals surface area (Å²) < 4.78 is 1.75. The minimum atomic E-state index is -0.217. The number of amides is 1. The highest BCUT2D eigenvalue weighted by molar-refractivity contribution is 6.04. The van der Waals surface area contributed by atoms with Crippen molar-refractivity contribution in [1.29, 1.82) is 0 Å². The van der Waals surface area contributed by atoms with Crippen LogP contribution in [0.4, 0.5) is 11.5 Å². The van der Waals surface area contributed by atoms with E-state index in [0.717, 1.165) is 12.2 Å². The Hall–Kier alpha value is -2.37. The lowest BCUT2D eigenvalue weighted by Gasteiger charge is -2.18. The summed E-state index contributed by atoms with van der Waals surface area (Å²) in [6.07, 6.45) is 3.41. The van der Waals surface area contributed by atoms with E-state index in [4.69, 9.17) is 5.73 Å². The van der Waals surface area contributed by atoms with Gasteiger partial charge in [0.1, 0.15) is 5.82 Å². The third-order valence-electron chi connectivity index (χ3n) is 3.09. The smallest absolute Gasteiger partial charge is 0.255 e. The summed E-state index contributed by atoms with van der Waals surface area (Å²) in [5, 5.41) is 6.93. The van der Waals surface area contributed by atoms with Crippen LogP contribution in [-0.4, -0.2) is 20.7 Å². The van der Waals surface area contributed by atoms with Gasteiger partial charge in [0, 0.05) is 29.4 Å². The third kappa shape index (κ3) is 3.59. The highest BCUT2D eigenvalue weighted by atomic mass is 16.1. The molecule has 0 aliphatic heterocycles. The van der Waals surface area contributed by atoms with E-state index in [1.54, 1.807) is 29.2 Å². The molecule has 0 saturated carbocycles. The van der Waals surface area contributed by atoms with Gasteiger partial charge in [0.25, 0.3) is 5.91 Å². The quantitative estimate of drug-likeness (QED) is 0.907. The maximum atomic E-state index is 12.3. The van der Waals surface area contributed by atoms with E-state index in [0.29, 0.717) is 17.1 Å². The van der Waals surface area contributed by atoms with Gasteiger partial charge in [-0.25, -0.2) is 4.98 Å². The number of rotatable bonds is 3. The number of aromatic nitrogens is 3. The predicted molar refractivity (Wildman–Crippen MR) is 83.2 cm³/mol. The van der Waals surface area contributed by atoms with Crippen molar-refractivity contribution in [3.05, 3.63) is 35.8 Å². The maximum Gasteiger partial charge on any atom is 0.255 e. The van der Waals surface area contributed by atoms with E-state index >= 15 is 0 Å². The molecule has 6 nitrogen and oxygen atoms in total. The number of nitrogens with two attached hydrogens (primary N) is 1. The van der Waals surface area contributed by atoms with Crippen molar-refractivity contribution in [3.63, 3.8) is 0 Å². The first kappa shape index (κ1) is 15.0. The number of carbonyl (C=O) groups is 1. The maximum absolute atomic E-state index is 12.3. The Morgan fingerprint density at radius 1 is 1.38 bits per heavy atom. The number of nitrogen functional groups attached to an aromatic ring is 1. The monoisotopic (exact) mass is 287 g/mol. The molecule has 2 rings (SSSR count). The highest BCUT2D eigenvalue weighted by Crippen LogP contribution is 2.23. The molecule has 6 heteroatoms. The average molecular weight is 287 g/mol. The molecule has 2 aromatic heterocycles. The molecule has 2 aromatic rings. The van der Waals surface area contributed by atoms with Crippen molar-refractivity contribution in [2.24, 2.45) is 0 Å². The number of carbonyl (C=O) groups excluding carboxylic acids is 1. The minimum absolute atomic E-state index is 0.169. The highest BCUT2D eigenvalue weighted by Gasteiger charge is 2.19. The second-order valence-corrected chi connectivity index (χ2v) is 5.95. The molecule has 112 valence electrons. The van der Waals surface area contributed by atoms with Crippen LogP contribution in [0.2, 0.25) is 0 Å². The Bertz CT molecular complexity index is 654. The van der Waals surface area contributed by atoms with Gasteiger partial charge in [-0.1, -0.05) is 20.8 Å². The van der Waals surface area contributed by atoms with E-state index in [-0.39, 0.29) is 11.3 Å². The topological polar surface area (TPSA) is 85.8 Å². The van der Waals surface area contributed by atoms with Crippen LogP contribution in [0.25, 0.3) is 0 Å². The summed E-state index contributed by atoms with van der Waals surface area (Å²) in [7, 11) is 0. The van der Waals surface area contributed by atoms with Gasteiger partial charge >= 0.3 is 0 Å². The van der Waals surface area contributed by atoms with Crippen molar-refractivity contribution in [2.75, 3.05) is 11.1 Å². The number of hydrogen-bond acceptors (Lipinski definition) is 4. The van der Waals surface area contributed by atoms with E-state index in [1.807, 2.05) is 27.7 Å². The predicted octanol–water partition coefficient (Wildman–Crippen LogP) is 2.43.